The average molecular weight is 500 g/mol. The van der Waals surface area contributed by atoms with E-state index in [1.807, 2.05) is 49.3 Å². The summed E-state index contributed by atoms with van der Waals surface area (Å²) in [5.41, 5.74) is 4.80. The SMILES string of the molecule is CC1=C(C(=O)Nc2ccc3[nH]nc(-c4ccnc(N5CCN(C)[C@H](C)C5)c4)c3c2)Cn2nnnc2N1C. The maximum atomic E-state index is 13.2. The summed E-state index contributed by atoms with van der Waals surface area (Å²) in [7, 11) is 4.01. The fourth-order valence-electron chi connectivity index (χ4n) is 4.91. The van der Waals surface area contributed by atoms with Gasteiger partial charge in [-0.1, -0.05) is 5.10 Å². The molecule has 0 aliphatic carbocycles. The zero-order valence-electron chi connectivity index (χ0n) is 21.3. The van der Waals surface area contributed by atoms with Crippen LogP contribution in [-0.4, -0.2) is 86.0 Å². The number of allylic oxidation sites excluding steroid dienone is 1. The van der Waals surface area contributed by atoms with Crippen LogP contribution < -0.4 is 15.1 Å². The van der Waals surface area contributed by atoms with Gasteiger partial charge in [0.2, 0.25) is 5.95 Å². The zero-order chi connectivity index (χ0) is 25.7. The van der Waals surface area contributed by atoms with Crippen molar-refractivity contribution in [3.05, 3.63) is 47.8 Å². The Labute approximate surface area is 213 Å². The molecule has 0 bridgehead atoms. The molecule has 0 spiro atoms. The molecule has 12 nitrogen and oxygen atoms in total. The Morgan fingerprint density at radius 2 is 2.03 bits per heavy atom. The van der Waals surface area contributed by atoms with Crippen LogP contribution in [0.2, 0.25) is 0 Å². The number of H-pyrrole nitrogens is 1. The third-order valence-corrected chi connectivity index (χ3v) is 7.46. The quantitative estimate of drug-likeness (QED) is 0.434. The predicted molar refractivity (Wildman–Crippen MR) is 141 cm³/mol. The molecule has 190 valence electrons. The van der Waals surface area contributed by atoms with Gasteiger partial charge in [-0.15, -0.1) is 0 Å². The number of anilines is 3. The van der Waals surface area contributed by atoms with Crippen molar-refractivity contribution in [2.45, 2.75) is 26.4 Å². The molecule has 2 N–H and O–H groups in total. The van der Waals surface area contributed by atoms with Crippen LogP contribution in [0.3, 0.4) is 0 Å². The monoisotopic (exact) mass is 499 g/mol. The van der Waals surface area contributed by atoms with E-state index in [1.54, 1.807) is 4.68 Å². The summed E-state index contributed by atoms with van der Waals surface area (Å²) in [5.74, 6) is 1.37. The molecule has 2 aliphatic rings. The molecule has 5 heterocycles. The molecular weight excluding hydrogens is 470 g/mol. The minimum atomic E-state index is -0.190. The highest BCUT2D eigenvalue weighted by atomic mass is 16.1. The number of pyridine rings is 1. The molecular formula is C25H29N11O. The molecule has 4 aromatic rings. The minimum Gasteiger partial charge on any atom is -0.354 e. The number of likely N-dealkylation sites (N-methyl/N-ethyl adjacent to an activating group) is 1. The molecule has 0 unspecified atom stereocenters. The van der Waals surface area contributed by atoms with Crippen molar-refractivity contribution in [3.8, 4) is 11.3 Å². The normalized spacial score (nSPS) is 18.4. The predicted octanol–water partition coefficient (Wildman–Crippen LogP) is 2.11. The van der Waals surface area contributed by atoms with E-state index < -0.39 is 0 Å². The number of carbonyl (C=O) groups excluding carboxylic acids is 1. The summed E-state index contributed by atoms with van der Waals surface area (Å²) in [6.45, 7) is 7.31. The molecule has 1 fully saturated rings. The first-order valence-electron chi connectivity index (χ1n) is 12.3. The highest BCUT2D eigenvalue weighted by molar-refractivity contribution is 6.06. The number of fused-ring (bicyclic) bond motifs is 2. The van der Waals surface area contributed by atoms with Crippen LogP contribution in [-0.2, 0) is 11.3 Å². The molecule has 12 heteroatoms. The van der Waals surface area contributed by atoms with Crippen molar-refractivity contribution in [3.63, 3.8) is 0 Å². The first kappa shape index (κ1) is 23.1. The van der Waals surface area contributed by atoms with Gasteiger partial charge in [-0.25, -0.2) is 9.67 Å². The van der Waals surface area contributed by atoms with Crippen molar-refractivity contribution < 1.29 is 4.79 Å². The third-order valence-electron chi connectivity index (χ3n) is 7.46. The number of rotatable bonds is 4. The number of nitrogens with zero attached hydrogens (tertiary/aromatic N) is 9. The summed E-state index contributed by atoms with van der Waals surface area (Å²) in [6, 6.07) is 10.3. The first-order chi connectivity index (χ1) is 17.9. The van der Waals surface area contributed by atoms with Gasteiger partial charge in [-0.2, -0.15) is 5.10 Å². The van der Waals surface area contributed by atoms with E-state index in [1.165, 1.54) is 0 Å². The number of benzene rings is 1. The van der Waals surface area contributed by atoms with Crippen molar-refractivity contribution in [1.82, 2.24) is 40.3 Å². The molecule has 2 aliphatic heterocycles. The largest absolute Gasteiger partial charge is 0.354 e. The van der Waals surface area contributed by atoms with E-state index in [4.69, 9.17) is 0 Å². The van der Waals surface area contributed by atoms with Gasteiger partial charge in [-0.05, 0) is 61.7 Å². The summed E-state index contributed by atoms with van der Waals surface area (Å²) < 4.78 is 1.61. The fraction of sp³-hybridized carbons (Fsp3) is 0.360. The number of hydrogen-bond donors (Lipinski definition) is 2. The van der Waals surface area contributed by atoms with Crippen LogP contribution in [0.4, 0.5) is 17.5 Å². The Kier molecular flexibility index (Phi) is 5.60. The number of aromatic amines is 1. The fourth-order valence-corrected chi connectivity index (χ4v) is 4.91. The van der Waals surface area contributed by atoms with Crippen LogP contribution in [0.5, 0.6) is 0 Å². The standard InChI is InChI=1S/C25H29N11O/c1-15-13-35(10-9-33(15)3)22-11-17(7-8-26-22)23-19-12-18(5-6-21(19)28-29-23)27-24(37)20-14-36-25(30-31-32-36)34(4)16(20)2/h5-8,11-12,15H,9-10,13-14H2,1-4H3,(H,27,37)(H,28,29)/t15-/m1/s1. The van der Waals surface area contributed by atoms with Gasteiger partial charge < -0.3 is 20.0 Å². The number of piperazine rings is 1. The lowest BCUT2D eigenvalue weighted by Gasteiger charge is -2.38. The molecule has 0 saturated carbocycles. The summed E-state index contributed by atoms with van der Waals surface area (Å²) in [6.07, 6.45) is 1.84. The molecule has 1 saturated heterocycles. The van der Waals surface area contributed by atoms with Crippen LogP contribution in [0, 0.1) is 0 Å². The maximum Gasteiger partial charge on any atom is 0.255 e. The number of hydrogen-bond acceptors (Lipinski definition) is 9. The van der Waals surface area contributed by atoms with E-state index in [2.05, 4.69) is 65.9 Å². The Morgan fingerprint density at radius 3 is 2.86 bits per heavy atom. The van der Waals surface area contributed by atoms with E-state index in [0.717, 1.165) is 53.3 Å². The lowest BCUT2D eigenvalue weighted by atomic mass is 10.1. The number of aromatic nitrogens is 7. The second-order valence-electron chi connectivity index (χ2n) is 9.72. The summed E-state index contributed by atoms with van der Waals surface area (Å²) in [5, 5.41) is 23.4. The van der Waals surface area contributed by atoms with Crippen molar-refractivity contribution >= 4 is 34.3 Å². The van der Waals surface area contributed by atoms with Crippen LogP contribution in [0.25, 0.3) is 22.2 Å². The Morgan fingerprint density at radius 1 is 1.16 bits per heavy atom. The number of tetrazole rings is 1. The summed E-state index contributed by atoms with van der Waals surface area (Å²) >= 11 is 0. The van der Waals surface area contributed by atoms with Crippen molar-refractivity contribution in [1.29, 1.82) is 0 Å². The lowest BCUT2D eigenvalue weighted by molar-refractivity contribution is -0.113. The van der Waals surface area contributed by atoms with Crippen LogP contribution >= 0.6 is 0 Å². The van der Waals surface area contributed by atoms with Gasteiger partial charge >= 0.3 is 0 Å². The Balaban J connectivity index is 1.27. The first-order valence-corrected chi connectivity index (χ1v) is 12.3. The summed E-state index contributed by atoms with van der Waals surface area (Å²) in [4.78, 5) is 24.4. The van der Waals surface area contributed by atoms with Gasteiger partial charge in [0, 0.05) is 61.3 Å². The van der Waals surface area contributed by atoms with E-state index in [-0.39, 0.29) is 5.91 Å². The smallest absolute Gasteiger partial charge is 0.255 e. The van der Waals surface area contributed by atoms with Gasteiger partial charge in [0.05, 0.1) is 17.6 Å². The zero-order valence-corrected chi connectivity index (χ0v) is 21.3. The van der Waals surface area contributed by atoms with E-state index in [9.17, 15) is 4.79 Å². The number of amides is 1. The molecule has 3 aromatic heterocycles. The van der Waals surface area contributed by atoms with Gasteiger partial charge in [-0.3, -0.25) is 9.89 Å². The molecule has 0 radical (unpaired) electrons. The second-order valence-corrected chi connectivity index (χ2v) is 9.72. The van der Waals surface area contributed by atoms with Gasteiger partial charge in [0.25, 0.3) is 5.91 Å². The molecule has 1 aromatic carbocycles. The third kappa shape index (κ3) is 4.08. The highest BCUT2D eigenvalue weighted by Gasteiger charge is 2.27. The molecule has 6 rings (SSSR count). The Hall–Kier alpha value is -4.32. The maximum absolute atomic E-state index is 13.2. The molecule has 37 heavy (non-hydrogen) atoms. The topological polar surface area (TPSA) is 124 Å². The number of carbonyl (C=O) groups is 1. The molecule has 1 amide bonds. The van der Waals surface area contributed by atoms with E-state index >= 15 is 0 Å². The van der Waals surface area contributed by atoms with Crippen LogP contribution in [0.15, 0.2) is 47.8 Å². The molecule has 1 atom stereocenters. The highest BCUT2D eigenvalue weighted by Crippen LogP contribution is 2.31. The van der Waals surface area contributed by atoms with Crippen molar-refractivity contribution in [2.24, 2.45) is 0 Å². The Bertz CT molecular complexity index is 1520. The number of nitrogens with one attached hydrogen (secondary N) is 2. The van der Waals surface area contributed by atoms with Gasteiger partial charge in [0.15, 0.2) is 0 Å². The van der Waals surface area contributed by atoms with Crippen LogP contribution in [0.1, 0.15) is 13.8 Å². The van der Waals surface area contributed by atoms with E-state index in [0.29, 0.717) is 29.8 Å². The second kappa shape index (κ2) is 8.96. The van der Waals surface area contributed by atoms with Crippen molar-refractivity contribution in [2.75, 3.05) is 48.8 Å². The average Bonchev–Trinajstić information content (AvgIpc) is 3.55. The van der Waals surface area contributed by atoms with Gasteiger partial charge in [0.1, 0.15) is 11.5 Å². The minimum absolute atomic E-state index is 0.190. The lowest BCUT2D eigenvalue weighted by Crippen LogP contribution is -2.50.